The average Bonchev–Trinajstić information content (AvgIpc) is 2.71. The summed E-state index contributed by atoms with van der Waals surface area (Å²) in [5, 5.41) is 8.88. The summed E-state index contributed by atoms with van der Waals surface area (Å²) in [7, 11) is 0. The molecule has 1 N–H and O–H groups in total. The topological polar surface area (TPSA) is 12.0 Å². The largest absolute Gasteiger partial charge is 0.305 e. The molecule has 78 valence electrons. The molecule has 3 unspecified atom stereocenters. The van der Waals surface area contributed by atoms with Gasteiger partial charge in [0, 0.05) is 23.1 Å². The van der Waals surface area contributed by atoms with Crippen LogP contribution < -0.4 is 5.32 Å². The lowest BCUT2D eigenvalue weighted by Crippen LogP contribution is -2.43. The minimum absolute atomic E-state index is 0.560. The first-order valence-electron chi connectivity index (χ1n) is 5.21. The van der Waals surface area contributed by atoms with E-state index in [1.807, 2.05) is 0 Å². The molecule has 0 radical (unpaired) electrons. The summed E-state index contributed by atoms with van der Waals surface area (Å²) in [4.78, 5) is 0. The number of hydrogen-bond acceptors (Lipinski definition) is 3. The molecule has 0 amide bonds. The highest BCUT2D eigenvalue weighted by Crippen LogP contribution is 2.33. The number of thioether (sulfide) groups is 1. The molecule has 1 aliphatic heterocycles. The van der Waals surface area contributed by atoms with Crippen LogP contribution in [0.2, 0.25) is 0 Å². The van der Waals surface area contributed by atoms with Crippen molar-refractivity contribution in [3.63, 3.8) is 0 Å². The summed E-state index contributed by atoms with van der Waals surface area (Å²) in [5.74, 6) is 1.26. The van der Waals surface area contributed by atoms with E-state index >= 15 is 0 Å². The van der Waals surface area contributed by atoms with E-state index in [9.17, 15) is 0 Å². The molecule has 1 fully saturated rings. The van der Waals surface area contributed by atoms with Crippen LogP contribution in [-0.4, -0.2) is 17.0 Å². The van der Waals surface area contributed by atoms with E-state index in [-0.39, 0.29) is 0 Å². The fourth-order valence-electron chi connectivity index (χ4n) is 1.86. The SMILES string of the molecule is CCC1CSC(C)C(c2ccsc2)N1. The molecular weight excluding hydrogens is 210 g/mol. The number of thiophene rings is 1. The predicted molar refractivity (Wildman–Crippen MR) is 66.2 cm³/mol. The normalized spacial score (nSPS) is 33.1. The Hall–Kier alpha value is 0.01000. The van der Waals surface area contributed by atoms with E-state index in [4.69, 9.17) is 0 Å². The van der Waals surface area contributed by atoms with Crippen LogP contribution in [-0.2, 0) is 0 Å². The maximum Gasteiger partial charge on any atom is 0.0448 e. The Morgan fingerprint density at radius 2 is 2.43 bits per heavy atom. The first-order chi connectivity index (χ1) is 6.81. The molecule has 0 bridgehead atoms. The molecule has 1 aliphatic rings. The summed E-state index contributed by atoms with van der Waals surface area (Å²) in [6.45, 7) is 4.59. The van der Waals surface area contributed by atoms with Gasteiger partial charge in [-0.25, -0.2) is 0 Å². The van der Waals surface area contributed by atoms with Crippen molar-refractivity contribution >= 4 is 23.1 Å². The maximum atomic E-state index is 3.74. The second kappa shape index (κ2) is 4.69. The first-order valence-corrected chi connectivity index (χ1v) is 7.20. The highest BCUT2D eigenvalue weighted by Gasteiger charge is 2.27. The summed E-state index contributed by atoms with van der Waals surface area (Å²) in [6.07, 6.45) is 1.24. The van der Waals surface area contributed by atoms with Crippen LogP contribution in [0.4, 0.5) is 0 Å². The predicted octanol–water partition coefficient (Wildman–Crippen LogP) is 3.29. The van der Waals surface area contributed by atoms with E-state index in [2.05, 4.69) is 47.8 Å². The molecule has 0 spiro atoms. The smallest absolute Gasteiger partial charge is 0.0448 e. The Labute approximate surface area is 94.3 Å². The van der Waals surface area contributed by atoms with Crippen molar-refractivity contribution in [1.29, 1.82) is 0 Å². The van der Waals surface area contributed by atoms with E-state index in [1.165, 1.54) is 17.7 Å². The standard InChI is InChI=1S/C11H17NS2/c1-3-10-7-14-8(2)11(12-10)9-4-5-13-6-9/h4-6,8,10-12H,3,7H2,1-2H3. The van der Waals surface area contributed by atoms with Crippen LogP contribution in [0.5, 0.6) is 0 Å². The molecule has 0 saturated carbocycles. The second-order valence-corrected chi connectivity index (χ2v) is 6.03. The van der Waals surface area contributed by atoms with Crippen LogP contribution in [0.1, 0.15) is 31.9 Å². The molecule has 1 aromatic heterocycles. The van der Waals surface area contributed by atoms with Crippen molar-refractivity contribution in [3.05, 3.63) is 22.4 Å². The van der Waals surface area contributed by atoms with Gasteiger partial charge in [0.1, 0.15) is 0 Å². The monoisotopic (exact) mass is 227 g/mol. The van der Waals surface area contributed by atoms with Gasteiger partial charge in [0.15, 0.2) is 0 Å². The van der Waals surface area contributed by atoms with Gasteiger partial charge in [-0.1, -0.05) is 13.8 Å². The number of nitrogens with one attached hydrogen (secondary N) is 1. The molecule has 1 saturated heterocycles. The van der Waals surface area contributed by atoms with Crippen molar-refractivity contribution < 1.29 is 0 Å². The molecule has 1 aromatic rings. The van der Waals surface area contributed by atoms with Gasteiger partial charge in [0.05, 0.1) is 0 Å². The highest BCUT2D eigenvalue weighted by atomic mass is 32.2. The molecule has 3 heteroatoms. The van der Waals surface area contributed by atoms with Crippen molar-refractivity contribution in [2.45, 2.75) is 37.6 Å². The lowest BCUT2D eigenvalue weighted by Gasteiger charge is -2.34. The molecule has 14 heavy (non-hydrogen) atoms. The van der Waals surface area contributed by atoms with Gasteiger partial charge in [0.2, 0.25) is 0 Å². The fourth-order valence-corrected chi connectivity index (χ4v) is 3.85. The Balaban J connectivity index is 2.09. The van der Waals surface area contributed by atoms with E-state index in [0.717, 1.165) is 0 Å². The zero-order valence-electron chi connectivity index (χ0n) is 8.69. The van der Waals surface area contributed by atoms with Gasteiger partial charge < -0.3 is 5.32 Å². The van der Waals surface area contributed by atoms with Crippen LogP contribution in [0.15, 0.2) is 16.8 Å². The average molecular weight is 227 g/mol. The van der Waals surface area contributed by atoms with Gasteiger partial charge in [-0.15, -0.1) is 0 Å². The molecule has 2 rings (SSSR count). The Bertz CT molecular complexity index is 271. The Kier molecular flexibility index (Phi) is 3.52. The highest BCUT2D eigenvalue weighted by molar-refractivity contribution is 8.00. The Morgan fingerprint density at radius 1 is 1.57 bits per heavy atom. The van der Waals surface area contributed by atoms with Gasteiger partial charge in [-0.2, -0.15) is 23.1 Å². The molecular formula is C11H17NS2. The summed E-state index contributed by atoms with van der Waals surface area (Å²) >= 11 is 3.89. The third kappa shape index (κ3) is 2.15. The number of rotatable bonds is 2. The number of hydrogen-bond donors (Lipinski definition) is 1. The zero-order chi connectivity index (χ0) is 9.97. The van der Waals surface area contributed by atoms with Crippen LogP contribution in [0.25, 0.3) is 0 Å². The van der Waals surface area contributed by atoms with Crippen molar-refractivity contribution in [3.8, 4) is 0 Å². The van der Waals surface area contributed by atoms with Crippen LogP contribution >= 0.6 is 23.1 Å². The van der Waals surface area contributed by atoms with E-state index in [1.54, 1.807) is 11.3 Å². The lowest BCUT2D eigenvalue weighted by molar-refractivity contribution is 0.433. The van der Waals surface area contributed by atoms with Crippen LogP contribution in [0.3, 0.4) is 0 Å². The zero-order valence-corrected chi connectivity index (χ0v) is 10.3. The molecule has 1 nitrogen and oxygen atoms in total. The van der Waals surface area contributed by atoms with Crippen LogP contribution in [0, 0.1) is 0 Å². The third-order valence-electron chi connectivity index (χ3n) is 2.84. The lowest BCUT2D eigenvalue weighted by atomic mass is 10.1. The van der Waals surface area contributed by atoms with E-state index in [0.29, 0.717) is 17.3 Å². The molecule has 0 aliphatic carbocycles. The van der Waals surface area contributed by atoms with Gasteiger partial charge in [-0.05, 0) is 28.8 Å². The first kappa shape index (κ1) is 10.5. The van der Waals surface area contributed by atoms with E-state index < -0.39 is 0 Å². The van der Waals surface area contributed by atoms with Gasteiger partial charge >= 0.3 is 0 Å². The summed E-state index contributed by atoms with van der Waals surface area (Å²) < 4.78 is 0. The van der Waals surface area contributed by atoms with Gasteiger partial charge in [0.25, 0.3) is 0 Å². The maximum absolute atomic E-state index is 3.74. The quantitative estimate of drug-likeness (QED) is 0.832. The van der Waals surface area contributed by atoms with Gasteiger partial charge in [-0.3, -0.25) is 0 Å². The minimum Gasteiger partial charge on any atom is -0.305 e. The molecule has 2 heterocycles. The van der Waals surface area contributed by atoms with Crippen molar-refractivity contribution in [2.75, 3.05) is 5.75 Å². The van der Waals surface area contributed by atoms with Crippen molar-refractivity contribution in [2.24, 2.45) is 0 Å². The molecule has 0 aromatic carbocycles. The Morgan fingerprint density at radius 3 is 3.07 bits per heavy atom. The molecule has 3 atom stereocenters. The fraction of sp³-hybridized carbons (Fsp3) is 0.636. The third-order valence-corrected chi connectivity index (χ3v) is 4.93. The minimum atomic E-state index is 0.560. The van der Waals surface area contributed by atoms with Crippen molar-refractivity contribution in [1.82, 2.24) is 5.32 Å². The summed E-state index contributed by atoms with van der Waals surface area (Å²) in [5.41, 5.74) is 1.47. The summed E-state index contributed by atoms with van der Waals surface area (Å²) in [6, 6.07) is 3.50. The second-order valence-electron chi connectivity index (χ2n) is 3.84.